The normalized spacial score (nSPS) is 13.9. The van der Waals surface area contributed by atoms with Gasteiger partial charge in [-0.3, -0.25) is 9.13 Å². The highest BCUT2D eigenvalue weighted by Gasteiger charge is 2.22. The summed E-state index contributed by atoms with van der Waals surface area (Å²) in [6, 6.07) is 1.45. The number of aliphatic hydroxyl groups is 1. The average Bonchev–Trinajstić information content (AvgIpc) is 2.93. The topological polar surface area (TPSA) is 137 Å². The van der Waals surface area contributed by atoms with Crippen LogP contribution in [0.1, 0.15) is 110 Å². The molecule has 0 aliphatic carbocycles. The van der Waals surface area contributed by atoms with Crippen LogP contribution in [0, 0.1) is 0 Å². The minimum Gasteiger partial charge on any atom is -0.394 e. The van der Waals surface area contributed by atoms with Crippen molar-refractivity contribution in [3.8, 4) is 0 Å². The molecular weight excluding hydrogens is 569 g/mol. The van der Waals surface area contributed by atoms with Crippen molar-refractivity contribution >= 4 is 35.0 Å². The van der Waals surface area contributed by atoms with E-state index in [9.17, 15) is 19.4 Å². The second-order valence-electron chi connectivity index (χ2n) is 10.3. The quantitative estimate of drug-likeness (QED) is 0.0508. The molecule has 1 aromatic heterocycles. The number of ether oxygens (including phenoxy) is 1. The van der Waals surface area contributed by atoms with Gasteiger partial charge >= 0.3 is 13.3 Å². The molecule has 9 nitrogen and oxygen atoms in total. The molecule has 0 aromatic carbocycles. The fraction of sp³-hybridized carbons (Fsp3) is 0.857. The van der Waals surface area contributed by atoms with Gasteiger partial charge in [-0.15, -0.1) is 0 Å². The van der Waals surface area contributed by atoms with Crippen molar-refractivity contribution in [1.29, 1.82) is 0 Å². The zero-order chi connectivity index (χ0) is 29.3. The fourth-order valence-electron chi connectivity index (χ4n) is 4.14. The van der Waals surface area contributed by atoms with E-state index >= 15 is 0 Å². The Balaban J connectivity index is 1.91. The molecule has 1 heterocycles. The van der Waals surface area contributed by atoms with Gasteiger partial charge in [-0.1, -0.05) is 112 Å². The van der Waals surface area contributed by atoms with Crippen molar-refractivity contribution in [3.05, 3.63) is 22.7 Å². The lowest BCUT2D eigenvalue weighted by atomic mass is 10.0. The minimum atomic E-state index is -3.95. The number of aromatic nitrogens is 2. The summed E-state index contributed by atoms with van der Waals surface area (Å²) in [5.74, 6) is 2.25. The Labute approximate surface area is 249 Å². The summed E-state index contributed by atoms with van der Waals surface area (Å²) in [5, 5.41) is 9.48. The maximum absolute atomic E-state index is 12.2. The molecule has 1 unspecified atom stereocenters. The maximum atomic E-state index is 12.2. The Kier molecular flexibility index (Phi) is 23.4. The lowest BCUT2D eigenvalue weighted by Gasteiger charge is -2.19. The molecule has 40 heavy (non-hydrogen) atoms. The number of unbranched alkanes of at least 4 members (excludes halogenated alkanes) is 14. The van der Waals surface area contributed by atoms with Gasteiger partial charge in [-0.25, -0.2) is 4.79 Å². The second kappa shape index (κ2) is 25.0. The smallest absolute Gasteiger partial charge is 0.353 e. The molecule has 0 bridgehead atoms. The number of hydrogen-bond acceptors (Lipinski definition) is 9. The SMILES string of the molecule is CCCCCCCCCCCCCCCCSSCCCCOP(=O)(O)CO[C@H](CO)Cn1ccc(N)nc1=O. The van der Waals surface area contributed by atoms with Crippen LogP contribution in [-0.2, 0) is 20.4 Å². The van der Waals surface area contributed by atoms with Crippen LogP contribution in [0.5, 0.6) is 0 Å². The van der Waals surface area contributed by atoms with E-state index in [4.69, 9.17) is 15.0 Å². The molecule has 0 saturated carbocycles. The van der Waals surface area contributed by atoms with E-state index in [2.05, 4.69) is 11.9 Å². The second-order valence-corrected chi connectivity index (χ2v) is 14.8. The van der Waals surface area contributed by atoms with Crippen LogP contribution >= 0.6 is 29.2 Å². The van der Waals surface area contributed by atoms with Crippen LogP contribution in [0.4, 0.5) is 5.82 Å². The third kappa shape index (κ3) is 21.2. The third-order valence-corrected chi connectivity index (χ3v) is 10.2. The van der Waals surface area contributed by atoms with Crippen LogP contribution in [0.2, 0.25) is 0 Å². The molecule has 1 aromatic rings. The van der Waals surface area contributed by atoms with Crippen LogP contribution in [0.25, 0.3) is 0 Å². The van der Waals surface area contributed by atoms with Gasteiger partial charge in [-0.05, 0) is 25.3 Å². The number of nitrogen functional groups attached to an aromatic ring is 1. The number of nitrogens with two attached hydrogens (primary N) is 1. The van der Waals surface area contributed by atoms with E-state index in [0.29, 0.717) is 6.42 Å². The summed E-state index contributed by atoms with van der Waals surface area (Å²) in [4.78, 5) is 25.4. The first-order valence-corrected chi connectivity index (χ1v) is 19.4. The van der Waals surface area contributed by atoms with Crippen molar-refractivity contribution in [2.24, 2.45) is 0 Å². The molecule has 4 N–H and O–H groups in total. The van der Waals surface area contributed by atoms with Gasteiger partial charge in [-0.2, -0.15) is 4.98 Å². The number of hydrogen-bond donors (Lipinski definition) is 3. The molecular formula is C28H54N3O6PS2. The highest BCUT2D eigenvalue weighted by Crippen LogP contribution is 2.42. The van der Waals surface area contributed by atoms with Crippen molar-refractivity contribution < 1.29 is 23.8 Å². The Morgan fingerprint density at radius 1 is 0.925 bits per heavy atom. The first-order valence-electron chi connectivity index (χ1n) is 15.1. The first-order chi connectivity index (χ1) is 19.4. The highest BCUT2D eigenvalue weighted by molar-refractivity contribution is 8.76. The maximum Gasteiger partial charge on any atom is 0.353 e. The summed E-state index contributed by atoms with van der Waals surface area (Å²) >= 11 is 0. The summed E-state index contributed by atoms with van der Waals surface area (Å²) in [6.07, 6.45) is 21.0. The highest BCUT2D eigenvalue weighted by atomic mass is 33.1. The largest absolute Gasteiger partial charge is 0.394 e. The van der Waals surface area contributed by atoms with Gasteiger partial charge in [0, 0.05) is 17.7 Å². The third-order valence-electron chi connectivity index (χ3n) is 6.55. The van der Waals surface area contributed by atoms with Crippen molar-refractivity contribution in [3.63, 3.8) is 0 Å². The molecule has 0 amide bonds. The minimum absolute atomic E-state index is 0.0170. The number of rotatable bonds is 28. The molecule has 0 radical (unpaired) electrons. The molecule has 0 spiro atoms. The Morgan fingerprint density at radius 2 is 1.45 bits per heavy atom. The van der Waals surface area contributed by atoms with Crippen LogP contribution in [0.3, 0.4) is 0 Å². The molecule has 234 valence electrons. The van der Waals surface area contributed by atoms with Gasteiger partial charge in [0.2, 0.25) is 0 Å². The molecule has 1 rings (SSSR count). The zero-order valence-electron chi connectivity index (χ0n) is 24.6. The molecule has 2 atom stereocenters. The van der Waals surface area contributed by atoms with Gasteiger partial charge in [0.1, 0.15) is 12.2 Å². The van der Waals surface area contributed by atoms with E-state index in [1.165, 1.54) is 112 Å². The monoisotopic (exact) mass is 623 g/mol. The molecule has 0 saturated heterocycles. The van der Waals surface area contributed by atoms with Gasteiger partial charge in [0.05, 0.1) is 25.9 Å². The number of anilines is 1. The standard InChI is InChI=1S/C28H54N3O6PS2/c1-2-3-4-5-6-7-8-9-10-11-12-13-14-16-21-39-40-22-17-15-20-37-38(34,35)25-36-26(24-32)23-31-19-18-27(29)30-28(31)33/h18-19,26,32H,2-17,20-25H2,1H3,(H,34,35)(H2,29,30,33)/t26-/m0/s1. The number of nitrogens with zero attached hydrogens (tertiary/aromatic N) is 2. The van der Waals surface area contributed by atoms with E-state index in [1.54, 1.807) is 0 Å². The summed E-state index contributed by atoms with van der Waals surface area (Å²) in [5.41, 5.74) is 4.88. The average molecular weight is 624 g/mol. The summed E-state index contributed by atoms with van der Waals surface area (Å²) < 4.78 is 23.9. The predicted octanol–water partition coefficient (Wildman–Crippen LogP) is 7.01. The van der Waals surface area contributed by atoms with Crippen molar-refractivity contribution in [1.82, 2.24) is 9.55 Å². The van der Waals surface area contributed by atoms with Crippen LogP contribution in [0.15, 0.2) is 17.1 Å². The van der Waals surface area contributed by atoms with Crippen molar-refractivity contribution in [2.45, 2.75) is 122 Å². The molecule has 0 fully saturated rings. The lowest BCUT2D eigenvalue weighted by molar-refractivity contribution is 0.0167. The van der Waals surface area contributed by atoms with Crippen LogP contribution < -0.4 is 11.4 Å². The Morgan fingerprint density at radius 3 is 1.98 bits per heavy atom. The molecule has 0 aliphatic rings. The van der Waals surface area contributed by atoms with E-state index < -0.39 is 32.3 Å². The van der Waals surface area contributed by atoms with Gasteiger partial charge < -0.3 is 25.0 Å². The Hall–Kier alpha value is -0.550. The fourth-order valence-corrected chi connectivity index (χ4v) is 7.33. The summed E-state index contributed by atoms with van der Waals surface area (Å²) in [6.45, 7) is 2.00. The Bertz CT molecular complexity index is 849. The van der Waals surface area contributed by atoms with Crippen LogP contribution in [-0.4, -0.2) is 56.7 Å². The molecule has 12 heteroatoms. The molecule has 0 aliphatic heterocycles. The van der Waals surface area contributed by atoms with Gasteiger partial charge in [0.25, 0.3) is 0 Å². The van der Waals surface area contributed by atoms with Crippen molar-refractivity contribution in [2.75, 3.05) is 36.8 Å². The zero-order valence-corrected chi connectivity index (χ0v) is 27.1. The summed E-state index contributed by atoms with van der Waals surface area (Å²) in [7, 11) is -0.185. The van der Waals surface area contributed by atoms with Gasteiger partial charge in [0.15, 0.2) is 0 Å². The first kappa shape index (κ1) is 37.5. The van der Waals surface area contributed by atoms with E-state index in [-0.39, 0.29) is 19.0 Å². The van der Waals surface area contributed by atoms with E-state index in [1.807, 2.05) is 21.6 Å². The van der Waals surface area contributed by atoms with E-state index in [0.717, 1.165) is 12.2 Å². The predicted molar refractivity (Wildman–Crippen MR) is 170 cm³/mol. The lowest BCUT2D eigenvalue weighted by Crippen LogP contribution is -2.32. The number of aliphatic hydroxyl groups excluding tert-OH is 1.